The quantitative estimate of drug-likeness (QED) is 0.774. The van der Waals surface area contributed by atoms with Crippen molar-refractivity contribution in [2.45, 2.75) is 38.0 Å². The van der Waals surface area contributed by atoms with E-state index in [0.717, 1.165) is 24.8 Å². The molecule has 0 heterocycles. The second-order valence-electron chi connectivity index (χ2n) is 5.24. The smallest absolute Gasteiger partial charge is 0.340 e. The number of allylic oxidation sites excluding steroid dienone is 2. The van der Waals surface area contributed by atoms with Gasteiger partial charge in [-0.2, -0.15) is 5.26 Å². The zero-order valence-electron chi connectivity index (χ0n) is 12.5. The Bertz CT molecular complexity index is 627. The summed E-state index contributed by atoms with van der Waals surface area (Å²) in [6.45, 7) is 2.12. The molecule has 4 heteroatoms. The third kappa shape index (κ3) is 3.43. The Morgan fingerprint density at radius 2 is 2.09 bits per heavy atom. The second kappa shape index (κ2) is 7.04. The highest BCUT2D eigenvalue weighted by Crippen LogP contribution is 2.26. The van der Waals surface area contributed by atoms with Gasteiger partial charge >= 0.3 is 5.97 Å². The van der Waals surface area contributed by atoms with Crippen LogP contribution in [0.3, 0.4) is 0 Å². The van der Waals surface area contributed by atoms with Crippen molar-refractivity contribution in [3.05, 3.63) is 59.7 Å². The van der Waals surface area contributed by atoms with Gasteiger partial charge in [-0.15, -0.1) is 0 Å². The van der Waals surface area contributed by atoms with Gasteiger partial charge in [-0.1, -0.05) is 37.6 Å². The van der Waals surface area contributed by atoms with Crippen LogP contribution in [0.2, 0.25) is 0 Å². The van der Waals surface area contributed by atoms with Crippen molar-refractivity contribution < 1.29 is 13.9 Å². The highest BCUT2D eigenvalue weighted by molar-refractivity contribution is 5.90. The molecule has 0 N–H and O–H groups in total. The monoisotopic (exact) mass is 299 g/mol. The van der Waals surface area contributed by atoms with Gasteiger partial charge in [-0.05, 0) is 42.7 Å². The van der Waals surface area contributed by atoms with Crippen molar-refractivity contribution in [1.82, 2.24) is 0 Å². The summed E-state index contributed by atoms with van der Waals surface area (Å²) >= 11 is 0. The van der Waals surface area contributed by atoms with Crippen LogP contribution < -0.4 is 0 Å². The number of rotatable bonds is 5. The number of alkyl halides is 1. The molecule has 3 nitrogen and oxygen atoms in total. The number of hydrogen-bond donors (Lipinski definition) is 0. The summed E-state index contributed by atoms with van der Waals surface area (Å²) in [5.74, 6) is -0.703. The van der Waals surface area contributed by atoms with E-state index in [4.69, 9.17) is 4.74 Å². The summed E-state index contributed by atoms with van der Waals surface area (Å²) in [6, 6.07) is 8.76. The summed E-state index contributed by atoms with van der Waals surface area (Å²) in [4.78, 5) is 12.1. The normalized spacial score (nSPS) is 23.0. The van der Waals surface area contributed by atoms with Gasteiger partial charge < -0.3 is 4.74 Å². The number of esters is 1. The predicted octanol–water partition coefficient (Wildman–Crippen LogP) is 3.91. The summed E-state index contributed by atoms with van der Waals surface area (Å²) in [6.07, 6.45) is 6.92. The lowest BCUT2D eigenvalue weighted by Crippen LogP contribution is -2.41. The van der Waals surface area contributed by atoms with Crippen LogP contribution in [-0.2, 0) is 11.2 Å². The number of unbranched alkanes of at least 4 members (excludes halogenated alkanes) is 1. The van der Waals surface area contributed by atoms with Gasteiger partial charge in [0.15, 0.2) is 6.17 Å². The molecule has 0 aliphatic heterocycles. The van der Waals surface area contributed by atoms with E-state index < -0.39 is 17.7 Å². The molecule has 1 aromatic rings. The molecule has 2 rings (SSSR count). The molecule has 0 amide bonds. The molecule has 2 atom stereocenters. The highest BCUT2D eigenvalue weighted by Gasteiger charge is 2.41. The van der Waals surface area contributed by atoms with Crippen LogP contribution in [0.15, 0.2) is 48.6 Å². The first-order valence-corrected chi connectivity index (χ1v) is 7.35. The van der Waals surface area contributed by atoms with Crippen LogP contribution in [-0.4, -0.2) is 17.7 Å². The molecule has 1 aliphatic rings. The SMILES string of the molecule is CCCCc1ccc(C(=O)OC2(C#N)C=CC=CC2F)cc1. The number of carbonyl (C=O) groups is 1. The fourth-order valence-electron chi connectivity index (χ4n) is 2.21. The zero-order chi connectivity index (χ0) is 16.0. The third-order valence-electron chi connectivity index (χ3n) is 3.59. The summed E-state index contributed by atoms with van der Waals surface area (Å²) in [5.41, 5.74) is -0.436. The van der Waals surface area contributed by atoms with Gasteiger partial charge in [0.1, 0.15) is 6.07 Å². The Labute approximate surface area is 129 Å². The topological polar surface area (TPSA) is 50.1 Å². The molecule has 114 valence electrons. The van der Waals surface area contributed by atoms with E-state index in [-0.39, 0.29) is 0 Å². The predicted molar refractivity (Wildman–Crippen MR) is 82.0 cm³/mol. The minimum absolute atomic E-state index is 0.310. The number of hydrogen-bond acceptors (Lipinski definition) is 3. The standard InChI is InChI=1S/C18H18FNO2/c1-2-3-6-14-8-10-15(11-9-14)17(21)22-18(13-20)12-5-4-7-16(18)19/h4-5,7-12,16H,2-3,6H2,1H3. The molecule has 0 fully saturated rings. The lowest BCUT2D eigenvalue weighted by Gasteiger charge is -2.26. The van der Waals surface area contributed by atoms with E-state index >= 15 is 0 Å². The summed E-state index contributed by atoms with van der Waals surface area (Å²) in [7, 11) is 0. The van der Waals surface area contributed by atoms with Crippen molar-refractivity contribution in [3.8, 4) is 6.07 Å². The first kappa shape index (κ1) is 16.0. The first-order chi connectivity index (χ1) is 10.6. The Morgan fingerprint density at radius 1 is 1.36 bits per heavy atom. The molecule has 1 aliphatic carbocycles. The number of carbonyl (C=O) groups excluding carboxylic acids is 1. The molecule has 0 spiro atoms. The van der Waals surface area contributed by atoms with E-state index in [1.54, 1.807) is 18.2 Å². The summed E-state index contributed by atoms with van der Waals surface area (Å²) < 4.78 is 19.1. The number of nitrogens with zero attached hydrogens (tertiary/aromatic N) is 1. The van der Waals surface area contributed by atoms with Crippen LogP contribution in [0.25, 0.3) is 0 Å². The lowest BCUT2D eigenvalue weighted by molar-refractivity contribution is 0.00294. The Balaban J connectivity index is 2.10. The molecular formula is C18H18FNO2. The Hall–Kier alpha value is -2.41. The highest BCUT2D eigenvalue weighted by atomic mass is 19.1. The maximum absolute atomic E-state index is 13.9. The van der Waals surface area contributed by atoms with Crippen molar-refractivity contribution in [1.29, 1.82) is 5.26 Å². The Morgan fingerprint density at radius 3 is 2.68 bits per heavy atom. The van der Waals surface area contributed by atoms with Gasteiger partial charge in [0.25, 0.3) is 5.60 Å². The molecule has 0 bridgehead atoms. The number of aryl methyl sites for hydroxylation is 1. The van der Waals surface area contributed by atoms with Crippen molar-refractivity contribution in [2.75, 3.05) is 0 Å². The van der Waals surface area contributed by atoms with E-state index in [2.05, 4.69) is 6.92 Å². The van der Waals surface area contributed by atoms with Gasteiger partial charge in [0.05, 0.1) is 5.56 Å². The molecule has 0 saturated carbocycles. The van der Waals surface area contributed by atoms with E-state index in [0.29, 0.717) is 5.56 Å². The van der Waals surface area contributed by atoms with Crippen LogP contribution in [0.1, 0.15) is 35.7 Å². The maximum atomic E-state index is 13.9. The molecule has 1 aromatic carbocycles. The van der Waals surface area contributed by atoms with Crippen LogP contribution >= 0.6 is 0 Å². The summed E-state index contributed by atoms with van der Waals surface area (Å²) in [5, 5.41) is 9.20. The van der Waals surface area contributed by atoms with Gasteiger partial charge in [0, 0.05) is 0 Å². The number of ether oxygens (including phenoxy) is 1. The molecule has 0 radical (unpaired) electrons. The number of benzene rings is 1. The van der Waals surface area contributed by atoms with Crippen LogP contribution in [0.5, 0.6) is 0 Å². The van der Waals surface area contributed by atoms with Crippen LogP contribution in [0, 0.1) is 11.3 Å². The van der Waals surface area contributed by atoms with Gasteiger partial charge in [-0.3, -0.25) is 0 Å². The molecular weight excluding hydrogens is 281 g/mol. The average Bonchev–Trinajstić information content (AvgIpc) is 2.55. The molecule has 22 heavy (non-hydrogen) atoms. The zero-order valence-corrected chi connectivity index (χ0v) is 12.5. The van der Waals surface area contributed by atoms with Gasteiger partial charge in [0.2, 0.25) is 0 Å². The maximum Gasteiger partial charge on any atom is 0.340 e. The third-order valence-corrected chi connectivity index (χ3v) is 3.59. The van der Waals surface area contributed by atoms with Gasteiger partial charge in [-0.25, -0.2) is 9.18 Å². The minimum atomic E-state index is -1.88. The van der Waals surface area contributed by atoms with Crippen molar-refractivity contribution in [3.63, 3.8) is 0 Å². The minimum Gasteiger partial charge on any atom is -0.433 e. The van der Waals surface area contributed by atoms with E-state index in [9.17, 15) is 14.4 Å². The van der Waals surface area contributed by atoms with Crippen molar-refractivity contribution >= 4 is 5.97 Å². The van der Waals surface area contributed by atoms with Crippen molar-refractivity contribution in [2.24, 2.45) is 0 Å². The fourth-order valence-corrected chi connectivity index (χ4v) is 2.21. The molecule has 2 unspecified atom stereocenters. The second-order valence-corrected chi connectivity index (χ2v) is 5.24. The van der Waals surface area contributed by atoms with Crippen LogP contribution in [0.4, 0.5) is 4.39 Å². The average molecular weight is 299 g/mol. The lowest BCUT2D eigenvalue weighted by atomic mass is 9.94. The van der Waals surface area contributed by atoms with E-state index in [1.807, 2.05) is 12.1 Å². The first-order valence-electron chi connectivity index (χ1n) is 7.35. The van der Waals surface area contributed by atoms with E-state index in [1.165, 1.54) is 24.3 Å². The largest absolute Gasteiger partial charge is 0.433 e. The molecule has 0 aromatic heterocycles. The number of nitriles is 1. The number of halogens is 1. The molecule has 0 saturated heterocycles. The Kier molecular flexibility index (Phi) is 5.11. The fraction of sp³-hybridized carbons (Fsp3) is 0.333.